The number of likely N-dealkylation sites (tertiary alicyclic amines) is 1. The van der Waals surface area contributed by atoms with Gasteiger partial charge in [0.25, 0.3) is 0 Å². The van der Waals surface area contributed by atoms with Crippen LogP contribution in [0, 0.1) is 5.92 Å². The van der Waals surface area contributed by atoms with Crippen LogP contribution in [0.4, 0.5) is 0 Å². The van der Waals surface area contributed by atoms with E-state index in [2.05, 4.69) is 0 Å². The van der Waals surface area contributed by atoms with Crippen LogP contribution in [0.15, 0.2) is 30.3 Å². The number of sulfonamides is 1. The van der Waals surface area contributed by atoms with Gasteiger partial charge >= 0.3 is 0 Å². The van der Waals surface area contributed by atoms with Gasteiger partial charge in [-0.25, -0.2) is 12.7 Å². The lowest BCUT2D eigenvalue weighted by molar-refractivity contribution is -0.127. The van der Waals surface area contributed by atoms with Crippen LogP contribution in [0.1, 0.15) is 13.3 Å². The summed E-state index contributed by atoms with van der Waals surface area (Å²) in [7, 11) is -1.81. The van der Waals surface area contributed by atoms with Gasteiger partial charge < -0.3 is 9.64 Å². The lowest BCUT2D eigenvalue weighted by Crippen LogP contribution is -2.36. The van der Waals surface area contributed by atoms with E-state index in [1.165, 1.54) is 4.31 Å². The Labute approximate surface area is 138 Å². The molecule has 2 rings (SSSR count). The van der Waals surface area contributed by atoms with Gasteiger partial charge in [0.05, 0.1) is 5.75 Å². The molecule has 0 bridgehead atoms. The summed E-state index contributed by atoms with van der Waals surface area (Å²) < 4.78 is 31.4. The quantitative estimate of drug-likeness (QED) is 0.713. The fourth-order valence-corrected chi connectivity index (χ4v) is 3.74. The normalized spacial score (nSPS) is 18.7. The maximum atomic E-state index is 12.3. The average molecular weight is 340 g/mol. The average Bonchev–Trinajstić information content (AvgIpc) is 2.87. The highest BCUT2D eigenvalue weighted by Gasteiger charge is 2.31. The minimum atomic E-state index is -3.38. The van der Waals surface area contributed by atoms with Gasteiger partial charge in [-0.15, -0.1) is 0 Å². The molecular formula is C16H24N2O4S. The standard InChI is InChI=1S/C16H24N2O4S/c1-3-18-13-14(11-16(18)19)12-17(2)23(20,21)10-9-22-15-7-5-4-6-8-15/h4-8,14H,3,9-13H2,1-2H3. The van der Waals surface area contributed by atoms with Gasteiger partial charge in [0, 0.05) is 33.1 Å². The summed E-state index contributed by atoms with van der Waals surface area (Å²) in [5, 5.41) is 0. The van der Waals surface area contributed by atoms with Gasteiger partial charge in [0.2, 0.25) is 15.9 Å². The zero-order valence-electron chi connectivity index (χ0n) is 13.6. The molecule has 0 radical (unpaired) electrons. The SMILES string of the molecule is CCN1CC(CN(C)S(=O)(=O)CCOc2ccccc2)CC1=O. The first-order valence-corrected chi connectivity index (χ1v) is 9.43. The summed E-state index contributed by atoms with van der Waals surface area (Å²) in [6.45, 7) is 3.73. The van der Waals surface area contributed by atoms with Crippen LogP contribution in [-0.2, 0) is 14.8 Å². The molecule has 1 aromatic carbocycles. The van der Waals surface area contributed by atoms with Gasteiger partial charge in [0.15, 0.2) is 0 Å². The van der Waals surface area contributed by atoms with E-state index in [0.717, 1.165) is 0 Å². The third kappa shape index (κ3) is 4.94. The molecule has 0 saturated carbocycles. The molecule has 1 atom stereocenters. The topological polar surface area (TPSA) is 66.9 Å². The fraction of sp³-hybridized carbons (Fsp3) is 0.562. The smallest absolute Gasteiger partial charge is 0.222 e. The van der Waals surface area contributed by atoms with Crippen molar-refractivity contribution in [1.82, 2.24) is 9.21 Å². The van der Waals surface area contributed by atoms with Crippen molar-refractivity contribution >= 4 is 15.9 Å². The molecule has 1 heterocycles. The number of benzene rings is 1. The Kier molecular flexibility index (Phi) is 6.01. The molecule has 1 aromatic rings. The Morgan fingerprint density at radius 2 is 2.00 bits per heavy atom. The van der Waals surface area contributed by atoms with Crippen molar-refractivity contribution in [3.8, 4) is 5.75 Å². The van der Waals surface area contributed by atoms with E-state index in [1.807, 2.05) is 25.1 Å². The second-order valence-corrected chi connectivity index (χ2v) is 7.96. The number of ether oxygens (including phenoxy) is 1. The van der Waals surface area contributed by atoms with Crippen molar-refractivity contribution in [1.29, 1.82) is 0 Å². The third-order valence-corrected chi connectivity index (χ3v) is 5.80. The number of nitrogens with zero attached hydrogens (tertiary/aromatic N) is 2. The highest BCUT2D eigenvalue weighted by molar-refractivity contribution is 7.89. The molecule has 23 heavy (non-hydrogen) atoms. The largest absolute Gasteiger partial charge is 0.492 e. The fourth-order valence-electron chi connectivity index (χ4n) is 2.70. The maximum Gasteiger partial charge on any atom is 0.222 e. The van der Waals surface area contributed by atoms with E-state index < -0.39 is 10.0 Å². The second-order valence-electron chi connectivity index (χ2n) is 5.76. The van der Waals surface area contributed by atoms with Crippen LogP contribution in [-0.4, -0.2) is 62.6 Å². The summed E-state index contributed by atoms with van der Waals surface area (Å²) in [5.74, 6) is 0.759. The van der Waals surface area contributed by atoms with Crippen molar-refractivity contribution < 1.29 is 17.9 Å². The first kappa shape index (κ1) is 17.7. The molecule has 1 unspecified atom stereocenters. The molecule has 1 saturated heterocycles. The summed E-state index contributed by atoms with van der Waals surface area (Å²) in [6.07, 6.45) is 0.425. The van der Waals surface area contributed by atoms with E-state index in [1.54, 1.807) is 24.1 Å². The van der Waals surface area contributed by atoms with Crippen LogP contribution >= 0.6 is 0 Å². The molecule has 1 amide bonds. The lowest BCUT2D eigenvalue weighted by atomic mass is 10.1. The minimum Gasteiger partial charge on any atom is -0.492 e. The molecule has 1 aliphatic rings. The van der Waals surface area contributed by atoms with Crippen molar-refractivity contribution in [2.45, 2.75) is 13.3 Å². The molecule has 0 aromatic heterocycles. The number of rotatable bonds is 8. The first-order valence-electron chi connectivity index (χ1n) is 7.82. The van der Waals surface area contributed by atoms with Gasteiger partial charge in [-0.05, 0) is 25.0 Å². The Morgan fingerprint density at radius 3 is 2.61 bits per heavy atom. The van der Waals surface area contributed by atoms with E-state index in [-0.39, 0.29) is 24.2 Å². The van der Waals surface area contributed by atoms with E-state index >= 15 is 0 Å². The molecule has 1 fully saturated rings. The van der Waals surface area contributed by atoms with Crippen LogP contribution < -0.4 is 4.74 Å². The number of carbonyl (C=O) groups excluding carboxylic acids is 1. The van der Waals surface area contributed by atoms with Crippen molar-refractivity contribution in [2.75, 3.05) is 39.0 Å². The molecule has 0 aliphatic carbocycles. The monoisotopic (exact) mass is 340 g/mol. The molecule has 0 N–H and O–H groups in total. The third-order valence-electron chi connectivity index (χ3n) is 4.02. The van der Waals surface area contributed by atoms with Gasteiger partial charge in [-0.2, -0.15) is 0 Å². The second kappa shape index (κ2) is 7.79. The molecule has 0 spiro atoms. The van der Waals surface area contributed by atoms with Crippen LogP contribution in [0.25, 0.3) is 0 Å². The maximum absolute atomic E-state index is 12.3. The molecular weight excluding hydrogens is 316 g/mol. The molecule has 7 heteroatoms. The zero-order chi connectivity index (χ0) is 16.9. The molecule has 6 nitrogen and oxygen atoms in total. The summed E-state index contributed by atoms with van der Waals surface area (Å²) in [5.41, 5.74) is 0. The predicted molar refractivity (Wildman–Crippen MR) is 88.7 cm³/mol. The van der Waals surface area contributed by atoms with Crippen molar-refractivity contribution in [3.63, 3.8) is 0 Å². The highest BCUT2D eigenvalue weighted by atomic mass is 32.2. The molecule has 1 aliphatic heterocycles. The van der Waals surface area contributed by atoms with Crippen molar-refractivity contribution in [2.24, 2.45) is 5.92 Å². The lowest BCUT2D eigenvalue weighted by Gasteiger charge is -2.21. The molecule has 128 valence electrons. The Bertz CT molecular complexity index is 618. The van der Waals surface area contributed by atoms with Gasteiger partial charge in [-0.1, -0.05) is 18.2 Å². The number of para-hydroxylation sites is 1. The van der Waals surface area contributed by atoms with E-state index in [0.29, 0.717) is 31.8 Å². The number of hydrogen-bond acceptors (Lipinski definition) is 4. The Morgan fingerprint density at radius 1 is 1.30 bits per heavy atom. The Balaban J connectivity index is 1.81. The zero-order valence-corrected chi connectivity index (χ0v) is 14.5. The van der Waals surface area contributed by atoms with Crippen LogP contribution in [0.2, 0.25) is 0 Å². The highest BCUT2D eigenvalue weighted by Crippen LogP contribution is 2.19. The van der Waals surface area contributed by atoms with Crippen LogP contribution in [0.5, 0.6) is 5.75 Å². The van der Waals surface area contributed by atoms with Crippen molar-refractivity contribution in [3.05, 3.63) is 30.3 Å². The van der Waals surface area contributed by atoms with Gasteiger partial charge in [0.1, 0.15) is 12.4 Å². The number of hydrogen-bond donors (Lipinski definition) is 0. The summed E-state index contributed by atoms with van der Waals surface area (Å²) >= 11 is 0. The summed E-state index contributed by atoms with van der Waals surface area (Å²) in [4.78, 5) is 13.5. The first-order chi connectivity index (χ1) is 10.9. The van der Waals surface area contributed by atoms with E-state index in [4.69, 9.17) is 4.74 Å². The van der Waals surface area contributed by atoms with Crippen LogP contribution in [0.3, 0.4) is 0 Å². The summed E-state index contributed by atoms with van der Waals surface area (Å²) in [6, 6.07) is 9.14. The number of carbonyl (C=O) groups is 1. The Hall–Kier alpha value is -1.60. The van der Waals surface area contributed by atoms with E-state index in [9.17, 15) is 13.2 Å². The number of amides is 1. The van der Waals surface area contributed by atoms with Gasteiger partial charge in [-0.3, -0.25) is 4.79 Å². The minimum absolute atomic E-state index is 0.0669. The predicted octanol–water partition coefficient (Wildman–Crippen LogP) is 1.20.